The molecule has 43 heavy (non-hydrogen) atoms. The monoisotopic (exact) mass is 581 g/mol. The molecule has 5 N–H and O–H groups in total. The van der Waals surface area contributed by atoms with Crippen LogP contribution in [-0.4, -0.2) is 58.0 Å². The van der Waals surface area contributed by atoms with E-state index in [-0.39, 0.29) is 30.5 Å². The summed E-state index contributed by atoms with van der Waals surface area (Å²) in [5, 5.41) is 21.8. The molecule has 2 heterocycles. The number of carbonyl (C=O) groups excluding carboxylic acids is 3. The number of aryl methyl sites for hydroxylation is 2. The van der Waals surface area contributed by atoms with Gasteiger partial charge >= 0.3 is 0 Å². The van der Waals surface area contributed by atoms with Crippen molar-refractivity contribution in [3.05, 3.63) is 81.6 Å². The lowest BCUT2D eigenvalue weighted by atomic mass is 9.69. The zero-order valence-electron chi connectivity index (χ0n) is 24.3. The van der Waals surface area contributed by atoms with Crippen LogP contribution in [0, 0.1) is 17.2 Å². The van der Waals surface area contributed by atoms with E-state index in [0.29, 0.717) is 54.6 Å². The minimum atomic E-state index is -0.964. The highest BCUT2D eigenvalue weighted by atomic mass is 16.4. The summed E-state index contributed by atoms with van der Waals surface area (Å²) in [4.78, 5) is 39.2. The summed E-state index contributed by atoms with van der Waals surface area (Å²) in [6.45, 7) is 4.45. The number of nitriles is 1. The predicted molar refractivity (Wildman–Crippen MR) is 156 cm³/mol. The number of amides is 3. The summed E-state index contributed by atoms with van der Waals surface area (Å²) in [7, 11) is 0. The van der Waals surface area contributed by atoms with Gasteiger partial charge in [0.1, 0.15) is 11.5 Å². The van der Waals surface area contributed by atoms with Gasteiger partial charge in [-0.3, -0.25) is 14.4 Å². The van der Waals surface area contributed by atoms with E-state index < -0.39 is 17.2 Å². The van der Waals surface area contributed by atoms with Crippen molar-refractivity contribution in [3.63, 3.8) is 0 Å². The van der Waals surface area contributed by atoms with Crippen molar-refractivity contribution in [2.45, 2.75) is 69.4 Å². The molecule has 3 aliphatic rings. The van der Waals surface area contributed by atoms with Crippen LogP contribution in [0.25, 0.3) is 0 Å². The highest BCUT2D eigenvalue weighted by molar-refractivity contribution is 5.94. The number of rotatable bonds is 9. The number of fused-ring (bicyclic) bond motifs is 3. The lowest BCUT2D eigenvalue weighted by molar-refractivity contribution is -0.131. The fourth-order valence-electron chi connectivity index (χ4n) is 6.90. The maximum atomic E-state index is 13.2. The average Bonchev–Trinajstić information content (AvgIpc) is 3.41. The second-order valence-electron chi connectivity index (χ2n) is 12.1. The average molecular weight is 582 g/mol. The van der Waals surface area contributed by atoms with Crippen molar-refractivity contribution < 1.29 is 18.8 Å². The smallest absolute Gasteiger partial charge is 0.248 e. The largest absolute Gasteiger partial charge is 0.424 e. The highest BCUT2D eigenvalue weighted by Gasteiger charge is 2.54. The molecule has 1 aromatic heterocycles. The van der Waals surface area contributed by atoms with Gasteiger partial charge in [-0.1, -0.05) is 26.0 Å². The summed E-state index contributed by atoms with van der Waals surface area (Å²) in [6.07, 6.45) is 3.31. The molecule has 11 nitrogen and oxygen atoms in total. The summed E-state index contributed by atoms with van der Waals surface area (Å²) < 4.78 is 6.38. The van der Waals surface area contributed by atoms with Gasteiger partial charge < -0.3 is 26.1 Å². The first-order valence-corrected chi connectivity index (χ1v) is 14.8. The number of piperidine rings is 1. The van der Waals surface area contributed by atoms with Gasteiger partial charge in [0.2, 0.25) is 29.5 Å². The molecule has 1 aliphatic heterocycles. The van der Waals surface area contributed by atoms with E-state index in [0.717, 1.165) is 35.1 Å². The predicted octanol–water partition coefficient (Wildman–Crippen LogP) is 2.32. The van der Waals surface area contributed by atoms with Crippen molar-refractivity contribution in [1.29, 1.82) is 5.26 Å². The van der Waals surface area contributed by atoms with Crippen molar-refractivity contribution in [2.75, 3.05) is 13.1 Å². The van der Waals surface area contributed by atoms with E-state index in [9.17, 15) is 19.6 Å². The van der Waals surface area contributed by atoms with E-state index in [2.05, 4.69) is 21.6 Å². The number of likely N-dealkylation sites (tertiary alicyclic amines) is 1. The Hall–Kier alpha value is -4.56. The first-order chi connectivity index (χ1) is 20.6. The fourth-order valence-corrected chi connectivity index (χ4v) is 6.90. The zero-order chi connectivity index (χ0) is 30.5. The number of nitrogens with one attached hydrogen (secondary N) is 1. The molecule has 1 saturated carbocycles. The van der Waals surface area contributed by atoms with Crippen LogP contribution < -0.4 is 16.8 Å². The highest BCUT2D eigenvalue weighted by Crippen LogP contribution is 2.48. The van der Waals surface area contributed by atoms with Crippen LogP contribution in [0.5, 0.6) is 0 Å². The molecule has 3 amide bonds. The molecule has 0 radical (unpaired) electrons. The topological polar surface area (TPSA) is 181 Å². The molecule has 1 saturated heterocycles. The maximum absolute atomic E-state index is 13.2. The van der Waals surface area contributed by atoms with Crippen LogP contribution in [0.1, 0.15) is 93.8 Å². The Morgan fingerprint density at radius 3 is 2.21 bits per heavy atom. The van der Waals surface area contributed by atoms with Crippen molar-refractivity contribution in [2.24, 2.45) is 17.4 Å². The first-order valence-electron chi connectivity index (χ1n) is 14.8. The van der Waals surface area contributed by atoms with Crippen molar-refractivity contribution in [1.82, 2.24) is 20.4 Å². The Morgan fingerprint density at radius 1 is 1.05 bits per heavy atom. The Bertz CT molecular complexity index is 1590. The molecule has 1 unspecified atom stereocenters. The number of benzene rings is 2. The van der Waals surface area contributed by atoms with Gasteiger partial charge in [0.15, 0.2) is 0 Å². The minimum absolute atomic E-state index is 0.00645. The zero-order valence-corrected chi connectivity index (χ0v) is 24.3. The SMILES string of the molecule is CC(C)c1nnc(C2(CCNCC(=O)N3C(C#N)C[C@@H]4C[C@@H]43)c3ccc(C(N)=O)cc3CCc3cc(C(N)=O)ccc32)o1. The third-order valence-corrected chi connectivity index (χ3v) is 9.16. The van der Waals surface area contributed by atoms with Crippen LogP contribution in [-0.2, 0) is 23.1 Å². The molecule has 6 rings (SSSR count). The lowest BCUT2D eigenvalue weighted by Gasteiger charge is -2.34. The van der Waals surface area contributed by atoms with Crippen molar-refractivity contribution in [3.8, 4) is 6.07 Å². The van der Waals surface area contributed by atoms with Crippen LogP contribution in [0.2, 0.25) is 0 Å². The minimum Gasteiger partial charge on any atom is -0.424 e. The van der Waals surface area contributed by atoms with E-state index in [1.807, 2.05) is 38.1 Å². The molecule has 3 aromatic rings. The van der Waals surface area contributed by atoms with Gasteiger partial charge in [-0.2, -0.15) is 5.26 Å². The van der Waals surface area contributed by atoms with E-state index in [1.165, 1.54) is 0 Å². The number of nitrogens with two attached hydrogens (primary N) is 2. The van der Waals surface area contributed by atoms with Gasteiger partial charge in [-0.15, -0.1) is 10.2 Å². The van der Waals surface area contributed by atoms with Gasteiger partial charge in [0, 0.05) is 23.1 Å². The van der Waals surface area contributed by atoms with Gasteiger partial charge in [0.05, 0.1) is 12.6 Å². The third kappa shape index (κ3) is 4.95. The Labute approximate surface area is 249 Å². The van der Waals surface area contributed by atoms with E-state index in [4.69, 9.17) is 15.9 Å². The number of aromatic nitrogens is 2. The Kier molecular flexibility index (Phi) is 7.26. The number of nitrogens with zero attached hydrogens (tertiary/aromatic N) is 4. The summed E-state index contributed by atoms with van der Waals surface area (Å²) in [5.41, 5.74) is 14.7. The first kappa shape index (κ1) is 28.6. The summed E-state index contributed by atoms with van der Waals surface area (Å²) in [5.74, 6) is 0.181. The molecule has 3 atom stereocenters. The van der Waals surface area contributed by atoms with Gasteiger partial charge in [-0.25, -0.2) is 0 Å². The second-order valence-corrected chi connectivity index (χ2v) is 12.1. The van der Waals surface area contributed by atoms with Crippen LogP contribution in [0.4, 0.5) is 0 Å². The number of primary amides is 2. The van der Waals surface area contributed by atoms with Crippen LogP contribution in [0.15, 0.2) is 40.8 Å². The van der Waals surface area contributed by atoms with Crippen LogP contribution in [0.3, 0.4) is 0 Å². The molecule has 11 heteroatoms. The molecule has 2 aliphatic carbocycles. The molecule has 2 fully saturated rings. The quantitative estimate of drug-likeness (QED) is 0.322. The number of hydrogen-bond donors (Lipinski definition) is 3. The van der Waals surface area contributed by atoms with Gasteiger partial charge in [-0.05, 0) is 91.1 Å². The van der Waals surface area contributed by atoms with E-state index in [1.54, 1.807) is 17.0 Å². The second kappa shape index (κ2) is 10.9. The third-order valence-electron chi connectivity index (χ3n) is 9.16. The number of hydrogen-bond acceptors (Lipinski definition) is 8. The van der Waals surface area contributed by atoms with E-state index >= 15 is 0 Å². The molecule has 222 valence electrons. The Morgan fingerprint density at radius 2 is 1.67 bits per heavy atom. The maximum Gasteiger partial charge on any atom is 0.248 e. The molecule has 0 bridgehead atoms. The fraction of sp³-hybridized carbons (Fsp3) is 0.438. The molecular formula is C32H35N7O4. The molecule has 0 spiro atoms. The Balaban J connectivity index is 1.41. The number of carbonyl (C=O) groups is 3. The van der Waals surface area contributed by atoms with Crippen molar-refractivity contribution >= 4 is 17.7 Å². The molecule has 2 aromatic carbocycles. The summed E-state index contributed by atoms with van der Waals surface area (Å²) in [6, 6.07) is 12.9. The lowest BCUT2D eigenvalue weighted by Crippen LogP contribution is -2.44. The van der Waals surface area contributed by atoms with Gasteiger partial charge in [0.25, 0.3) is 0 Å². The summed E-state index contributed by atoms with van der Waals surface area (Å²) >= 11 is 0. The molecular weight excluding hydrogens is 546 g/mol. The standard InChI is InChI=1S/C32H35N7O4/c1-17(2)30-37-38-31(43-30)32(9-10-36-16-27(40)39-23(15-33)13-22-14-26(22)39)24-7-5-20(28(34)41)11-18(24)3-4-19-12-21(29(35)42)6-8-25(19)32/h5-8,11-12,17,22-23,26,36H,3-4,9-10,13-14,16H2,1-2H3,(H2,34,41)(H2,35,42)/t22-,23?,26+/m1/s1. The van der Waals surface area contributed by atoms with Crippen LogP contribution >= 0.6 is 0 Å². The normalized spacial score (nSPS) is 21.3.